The number of carbonyl (C=O) groups excluding carboxylic acids is 4. The normalized spacial score (nSPS) is 17.2. The van der Waals surface area contributed by atoms with Crippen LogP contribution in [0.4, 0.5) is 5.13 Å². The zero-order valence-corrected chi connectivity index (χ0v) is 23.6. The maximum absolute atomic E-state index is 13.0. The topological polar surface area (TPSA) is 196 Å². The smallest absolute Gasteiger partial charge is 0.731 e. The molecular formula is C19H17ClN5NaO9S2. The number of alkyl halides is 1. The van der Waals surface area contributed by atoms with E-state index in [0.29, 0.717) is 5.56 Å². The van der Waals surface area contributed by atoms with Crippen LogP contribution in [0.5, 0.6) is 0 Å². The van der Waals surface area contributed by atoms with Gasteiger partial charge in [-0.15, -0.1) is 22.9 Å². The Labute approximate surface area is 241 Å². The van der Waals surface area contributed by atoms with Crippen LogP contribution in [0.1, 0.15) is 11.3 Å². The number of hydrogen-bond donors (Lipinski definition) is 2. The predicted molar refractivity (Wildman–Crippen MR) is 124 cm³/mol. The molecule has 14 nitrogen and oxygen atoms in total. The fraction of sp³-hybridized carbons (Fsp3) is 0.263. The second-order valence-electron chi connectivity index (χ2n) is 6.93. The van der Waals surface area contributed by atoms with Crippen LogP contribution in [0, 0.1) is 0 Å². The van der Waals surface area contributed by atoms with Crippen LogP contribution in [-0.4, -0.2) is 76.7 Å². The van der Waals surface area contributed by atoms with Crippen LogP contribution in [-0.2, 0) is 45.7 Å². The van der Waals surface area contributed by atoms with Crippen molar-refractivity contribution >= 4 is 67.8 Å². The van der Waals surface area contributed by atoms with E-state index in [1.54, 1.807) is 30.3 Å². The molecule has 2 heterocycles. The van der Waals surface area contributed by atoms with Crippen molar-refractivity contribution in [2.24, 2.45) is 5.16 Å². The Morgan fingerprint density at radius 3 is 2.54 bits per heavy atom. The van der Waals surface area contributed by atoms with Gasteiger partial charge in [-0.2, -0.15) is 0 Å². The summed E-state index contributed by atoms with van der Waals surface area (Å²) in [6.45, 7) is -0.0487. The molecule has 1 aliphatic rings. The molecule has 0 radical (unpaired) electrons. The van der Waals surface area contributed by atoms with Crippen molar-refractivity contribution < 1.29 is 71.3 Å². The second kappa shape index (κ2) is 13.3. The molecular weight excluding hydrogens is 565 g/mol. The van der Waals surface area contributed by atoms with Gasteiger partial charge in [0.15, 0.2) is 27.2 Å². The van der Waals surface area contributed by atoms with Gasteiger partial charge < -0.3 is 24.8 Å². The molecule has 0 aliphatic carbocycles. The number of aromatic nitrogens is 1. The number of nitrogens with zero attached hydrogens (tertiary/aromatic N) is 3. The van der Waals surface area contributed by atoms with Crippen LogP contribution < -0.4 is 40.2 Å². The average molecular weight is 582 g/mol. The number of benzene rings is 1. The van der Waals surface area contributed by atoms with Crippen molar-refractivity contribution in [1.29, 1.82) is 0 Å². The van der Waals surface area contributed by atoms with Gasteiger partial charge in [0.25, 0.3) is 11.8 Å². The summed E-state index contributed by atoms with van der Waals surface area (Å²) in [4.78, 5) is 58.1. The number of esters is 1. The Kier molecular flexibility index (Phi) is 11.0. The second-order valence-corrected chi connectivity index (χ2v) is 9.30. The number of carbonyl (C=O) groups is 4. The average Bonchev–Trinajstić information content (AvgIpc) is 3.30. The summed E-state index contributed by atoms with van der Waals surface area (Å²) in [6, 6.07) is 5.14. The summed E-state index contributed by atoms with van der Waals surface area (Å²) in [5.41, 5.74) is 0.170. The molecule has 0 bridgehead atoms. The van der Waals surface area contributed by atoms with E-state index in [1.807, 2.05) is 0 Å². The number of methoxy groups -OCH3 is 1. The van der Waals surface area contributed by atoms with Gasteiger partial charge in [-0.3, -0.25) is 14.4 Å². The Balaban J connectivity index is 0.00000481. The molecule has 3 rings (SSSR count). The SMILES string of the molecule is COC(=O)[C@H]1[C@@H](NC(=O)C(=NOCc2ccccc2)c2csc(NC(=O)CCl)n2)C(=O)N1S(=O)(=O)[O-].[Na+]. The third-order valence-electron chi connectivity index (χ3n) is 4.58. The molecule has 0 unspecified atom stereocenters. The quantitative estimate of drug-likeness (QED) is 0.0542. The first-order valence-corrected chi connectivity index (χ1v) is 12.6. The minimum Gasteiger partial charge on any atom is -0.731 e. The molecule has 1 saturated heterocycles. The molecule has 2 atom stereocenters. The maximum Gasteiger partial charge on any atom is 1.00 e. The number of rotatable bonds is 10. The Hall–Kier alpha value is -2.60. The van der Waals surface area contributed by atoms with E-state index >= 15 is 0 Å². The largest absolute Gasteiger partial charge is 1.00 e. The third-order valence-corrected chi connectivity index (χ3v) is 6.47. The molecule has 37 heavy (non-hydrogen) atoms. The van der Waals surface area contributed by atoms with Crippen LogP contribution in [0.2, 0.25) is 0 Å². The summed E-state index contributed by atoms with van der Waals surface area (Å²) < 4.78 is 38.3. The van der Waals surface area contributed by atoms with E-state index in [0.717, 1.165) is 18.4 Å². The standard InChI is InChI=1S/C19H18ClN5O9S2.Na/c1-33-18(29)15-14(17(28)25(15)36(30,31)32)23-16(27)13(24-34-8-10-5-3-2-4-6-10)11-9-35-19(21-11)22-12(26)7-20;/h2-6,9,14-15H,7-8H2,1H3,(H,23,27)(H,21,22,26)(H,30,31,32);/q;+1/p-1/t14-,15-;/m1./s1. The fourth-order valence-corrected chi connectivity index (χ4v) is 4.56. The van der Waals surface area contributed by atoms with E-state index in [4.69, 9.17) is 16.4 Å². The van der Waals surface area contributed by atoms with Gasteiger partial charge in [0.1, 0.15) is 24.2 Å². The van der Waals surface area contributed by atoms with Crippen molar-refractivity contribution in [1.82, 2.24) is 14.6 Å². The first-order valence-electron chi connectivity index (χ1n) is 9.80. The summed E-state index contributed by atoms with van der Waals surface area (Å²) in [7, 11) is -4.44. The number of nitrogens with one attached hydrogen (secondary N) is 2. The minimum atomic E-state index is -5.35. The van der Waals surface area contributed by atoms with Crippen LogP contribution in [0.25, 0.3) is 0 Å². The number of anilines is 1. The van der Waals surface area contributed by atoms with E-state index in [1.165, 1.54) is 5.38 Å². The van der Waals surface area contributed by atoms with Crippen LogP contribution >= 0.6 is 22.9 Å². The van der Waals surface area contributed by atoms with E-state index in [2.05, 4.69) is 25.5 Å². The summed E-state index contributed by atoms with van der Waals surface area (Å²) in [6.07, 6.45) is 0. The van der Waals surface area contributed by atoms with Crippen LogP contribution in [0.3, 0.4) is 0 Å². The first-order chi connectivity index (χ1) is 17.1. The first kappa shape index (κ1) is 30.6. The molecule has 2 N–H and O–H groups in total. The van der Waals surface area contributed by atoms with Gasteiger partial charge in [-0.25, -0.2) is 22.5 Å². The molecule has 2 aromatic rings. The number of oxime groups is 1. The van der Waals surface area contributed by atoms with Crippen molar-refractivity contribution in [2.75, 3.05) is 18.3 Å². The zero-order valence-electron chi connectivity index (χ0n) is 19.2. The number of amides is 3. The number of halogens is 1. The summed E-state index contributed by atoms with van der Waals surface area (Å²) >= 11 is 6.39. The van der Waals surface area contributed by atoms with Gasteiger partial charge in [0.2, 0.25) is 5.91 Å². The molecule has 1 aromatic carbocycles. The van der Waals surface area contributed by atoms with Crippen LogP contribution in [0.15, 0.2) is 40.9 Å². The number of ether oxygens (including phenoxy) is 1. The Morgan fingerprint density at radius 1 is 1.27 bits per heavy atom. The minimum absolute atomic E-state index is 0. The molecule has 1 aliphatic heterocycles. The number of β-lactam (4-membered cyclic amide) rings is 1. The van der Waals surface area contributed by atoms with Gasteiger partial charge in [0, 0.05) is 5.38 Å². The van der Waals surface area contributed by atoms with Crippen molar-refractivity contribution in [3.05, 3.63) is 47.0 Å². The maximum atomic E-state index is 13.0. The molecule has 1 fully saturated rings. The summed E-state index contributed by atoms with van der Waals surface area (Å²) in [5.74, 6) is -4.56. The van der Waals surface area contributed by atoms with Gasteiger partial charge in [0.05, 0.1) is 7.11 Å². The Bertz CT molecular complexity index is 1310. The molecule has 1 aromatic heterocycles. The third kappa shape index (κ3) is 7.47. The summed E-state index contributed by atoms with van der Waals surface area (Å²) in [5, 5.41) is 9.76. The predicted octanol–water partition coefficient (Wildman–Crippen LogP) is -3.43. The molecule has 192 valence electrons. The van der Waals surface area contributed by atoms with E-state index in [9.17, 15) is 32.1 Å². The molecule has 0 saturated carbocycles. The van der Waals surface area contributed by atoms with Gasteiger partial charge >= 0.3 is 35.5 Å². The monoisotopic (exact) mass is 581 g/mol. The zero-order chi connectivity index (χ0) is 26.5. The number of hydrogen-bond acceptors (Lipinski definition) is 12. The molecule has 18 heteroatoms. The van der Waals surface area contributed by atoms with Crippen molar-refractivity contribution in [2.45, 2.75) is 18.7 Å². The van der Waals surface area contributed by atoms with E-state index in [-0.39, 0.29) is 57.2 Å². The number of thiazole rings is 1. The van der Waals surface area contributed by atoms with E-state index < -0.39 is 51.8 Å². The Morgan fingerprint density at radius 2 is 1.95 bits per heavy atom. The van der Waals surface area contributed by atoms with Crippen molar-refractivity contribution in [3.8, 4) is 0 Å². The molecule has 3 amide bonds. The van der Waals surface area contributed by atoms with Crippen molar-refractivity contribution in [3.63, 3.8) is 0 Å². The fourth-order valence-electron chi connectivity index (χ4n) is 2.96. The molecule has 0 spiro atoms. The van der Waals surface area contributed by atoms with Gasteiger partial charge in [-0.05, 0) is 5.56 Å². The van der Waals surface area contributed by atoms with Gasteiger partial charge in [-0.1, -0.05) is 35.5 Å².